The Balaban J connectivity index is 0.000000810. The minimum atomic E-state index is 0. The SMILES string of the molecule is C.Cc1ccccc1C#N. The first-order valence-corrected chi connectivity index (χ1v) is 2.80. The Morgan fingerprint density at radius 2 is 1.90 bits per heavy atom. The number of nitriles is 1. The normalized spacial score (nSPS) is 7.60. The van der Waals surface area contributed by atoms with Crippen LogP contribution in [0.4, 0.5) is 0 Å². The molecule has 0 saturated heterocycles. The van der Waals surface area contributed by atoms with Crippen LogP contribution in [0.1, 0.15) is 18.6 Å². The Morgan fingerprint density at radius 3 is 2.30 bits per heavy atom. The van der Waals surface area contributed by atoms with Crippen LogP contribution in [0.15, 0.2) is 24.3 Å². The van der Waals surface area contributed by atoms with Crippen molar-refractivity contribution in [2.45, 2.75) is 14.4 Å². The molecule has 0 saturated carbocycles. The largest absolute Gasteiger partial charge is 0.192 e. The Hall–Kier alpha value is -1.29. The molecule has 0 amide bonds. The summed E-state index contributed by atoms with van der Waals surface area (Å²) in [6.45, 7) is 1.93. The smallest absolute Gasteiger partial charge is 0.0994 e. The Labute approximate surface area is 61.9 Å². The molecule has 0 heterocycles. The average Bonchev–Trinajstić information content (AvgIpc) is 1.89. The zero-order valence-electron chi connectivity index (χ0n) is 5.26. The first kappa shape index (κ1) is 8.71. The Kier molecular flexibility index (Phi) is 3.21. The van der Waals surface area contributed by atoms with Crippen LogP contribution in [0, 0.1) is 18.3 Å². The lowest BCUT2D eigenvalue weighted by Crippen LogP contribution is -1.77. The van der Waals surface area contributed by atoms with Crippen molar-refractivity contribution in [2.75, 3.05) is 0 Å². The summed E-state index contributed by atoms with van der Waals surface area (Å²) >= 11 is 0. The van der Waals surface area contributed by atoms with Gasteiger partial charge in [0.15, 0.2) is 0 Å². The third kappa shape index (κ3) is 1.60. The number of aryl methyl sites for hydroxylation is 1. The van der Waals surface area contributed by atoms with E-state index < -0.39 is 0 Å². The van der Waals surface area contributed by atoms with Crippen LogP contribution in [0.2, 0.25) is 0 Å². The van der Waals surface area contributed by atoms with Crippen molar-refractivity contribution < 1.29 is 0 Å². The molecule has 0 aromatic heterocycles. The van der Waals surface area contributed by atoms with Crippen LogP contribution >= 0.6 is 0 Å². The highest BCUT2D eigenvalue weighted by Gasteiger charge is 1.89. The second kappa shape index (κ2) is 3.68. The van der Waals surface area contributed by atoms with Gasteiger partial charge < -0.3 is 0 Å². The number of benzene rings is 1. The van der Waals surface area contributed by atoms with Crippen molar-refractivity contribution in [3.63, 3.8) is 0 Å². The third-order valence-corrected chi connectivity index (χ3v) is 1.27. The summed E-state index contributed by atoms with van der Waals surface area (Å²) < 4.78 is 0. The van der Waals surface area contributed by atoms with Gasteiger partial charge in [0.2, 0.25) is 0 Å². The fourth-order valence-corrected chi connectivity index (χ4v) is 0.698. The quantitative estimate of drug-likeness (QED) is 0.533. The van der Waals surface area contributed by atoms with Crippen molar-refractivity contribution in [1.29, 1.82) is 5.26 Å². The standard InChI is InChI=1S/C8H7N.CH4/c1-7-4-2-3-5-8(7)6-9;/h2-5H,1H3;1H4. The van der Waals surface area contributed by atoms with E-state index in [1.807, 2.05) is 31.2 Å². The summed E-state index contributed by atoms with van der Waals surface area (Å²) in [5, 5.41) is 8.47. The molecule has 0 aliphatic carbocycles. The first-order valence-electron chi connectivity index (χ1n) is 2.80. The lowest BCUT2D eigenvalue weighted by molar-refractivity contribution is 1.39. The molecule has 0 N–H and O–H groups in total. The minimum Gasteiger partial charge on any atom is -0.192 e. The van der Waals surface area contributed by atoms with E-state index >= 15 is 0 Å². The van der Waals surface area contributed by atoms with Gasteiger partial charge in [0.25, 0.3) is 0 Å². The Bertz CT molecular complexity index is 245. The second-order valence-corrected chi connectivity index (χ2v) is 1.93. The van der Waals surface area contributed by atoms with Crippen molar-refractivity contribution in [3.05, 3.63) is 35.4 Å². The maximum Gasteiger partial charge on any atom is 0.0994 e. The van der Waals surface area contributed by atoms with Gasteiger partial charge in [-0.1, -0.05) is 25.6 Å². The van der Waals surface area contributed by atoms with Gasteiger partial charge in [0, 0.05) is 0 Å². The van der Waals surface area contributed by atoms with Crippen LogP contribution in [0.25, 0.3) is 0 Å². The summed E-state index contributed by atoms with van der Waals surface area (Å²) in [4.78, 5) is 0. The molecule has 0 spiro atoms. The topological polar surface area (TPSA) is 23.8 Å². The van der Waals surface area contributed by atoms with E-state index in [2.05, 4.69) is 6.07 Å². The number of hydrogen-bond donors (Lipinski definition) is 0. The molecular formula is C9H11N. The average molecular weight is 133 g/mol. The van der Waals surface area contributed by atoms with E-state index in [4.69, 9.17) is 5.26 Å². The predicted octanol–water partition coefficient (Wildman–Crippen LogP) is 2.50. The van der Waals surface area contributed by atoms with E-state index in [1.54, 1.807) is 0 Å². The number of rotatable bonds is 0. The van der Waals surface area contributed by atoms with Crippen molar-refractivity contribution in [1.82, 2.24) is 0 Å². The van der Waals surface area contributed by atoms with E-state index in [1.165, 1.54) is 0 Å². The monoisotopic (exact) mass is 133 g/mol. The number of nitrogens with zero attached hydrogens (tertiary/aromatic N) is 1. The van der Waals surface area contributed by atoms with E-state index in [0.717, 1.165) is 11.1 Å². The van der Waals surface area contributed by atoms with Gasteiger partial charge in [-0.2, -0.15) is 5.26 Å². The van der Waals surface area contributed by atoms with Crippen molar-refractivity contribution in [3.8, 4) is 6.07 Å². The minimum absolute atomic E-state index is 0. The molecular weight excluding hydrogens is 122 g/mol. The van der Waals surface area contributed by atoms with E-state index in [-0.39, 0.29) is 7.43 Å². The molecule has 10 heavy (non-hydrogen) atoms. The van der Waals surface area contributed by atoms with Gasteiger partial charge in [-0.25, -0.2) is 0 Å². The van der Waals surface area contributed by atoms with Crippen LogP contribution in [-0.2, 0) is 0 Å². The third-order valence-electron chi connectivity index (χ3n) is 1.27. The summed E-state index contributed by atoms with van der Waals surface area (Å²) in [5.74, 6) is 0. The van der Waals surface area contributed by atoms with Gasteiger partial charge in [0.1, 0.15) is 0 Å². The van der Waals surface area contributed by atoms with E-state index in [0.29, 0.717) is 0 Å². The molecule has 0 radical (unpaired) electrons. The van der Waals surface area contributed by atoms with Gasteiger partial charge in [-0.05, 0) is 18.6 Å². The highest BCUT2D eigenvalue weighted by atomic mass is 14.2. The van der Waals surface area contributed by atoms with Crippen molar-refractivity contribution >= 4 is 0 Å². The highest BCUT2D eigenvalue weighted by Crippen LogP contribution is 2.03. The fourth-order valence-electron chi connectivity index (χ4n) is 0.698. The van der Waals surface area contributed by atoms with Crippen LogP contribution in [0.5, 0.6) is 0 Å². The lowest BCUT2D eigenvalue weighted by atomic mass is 10.1. The zero-order valence-corrected chi connectivity index (χ0v) is 5.26. The summed E-state index contributed by atoms with van der Waals surface area (Å²) in [5.41, 5.74) is 1.80. The van der Waals surface area contributed by atoms with Gasteiger partial charge in [0.05, 0.1) is 11.6 Å². The molecule has 0 atom stereocenters. The van der Waals surface area contributed by atoms with E-state index in [9.17, 15) is 0 Å². The molecule has 1 aromatic carbocycles. The molecule has 52 valence electrons. The van der Waals surface area contributed by atoms with Crippen LogP contribution in [-0.4, -0.2) is 0 Å². The zero-order chi connectivity index (χ0) is 6.69. The van der Waals surface area contributed by atoms with Crippen LogP contribution in [0.3, 0.4) is 0 Å². The molecule has 1 heteroatoms. The molecule has 0 unspecified atom stereocenters. The first-order chi connectivity index (χ1) is 4.34. The molecule has 1 aromatic rings. The summed E-state index contributed by atoms with van der Waals surface area (Å²) in [6, 6.07) is 9.63. The van der Waals surface area contributed by atoms with Gasteiger partial charge in [-0.15, -0.1) is 0 Å². The molecule has 1 rings (SSSR count). The van der Waals surface area contributed by atoms with Gasteiger partial charge in [-0.3, -0.25) is 0 Å². The molecule has 0 fully saturated rings. The fraction of sp³-hybridized carbons (Fsp3) is 0.222. The molecule has 0 aliphatic heterocycles. The lowest BCUT2D eigenvalue weighted by Gasteiger charge is -1.90. The predicted molar refractivity (Wildman–Crippen MR) is 42.6 cm³/mol. The highest BCUT2D eigenvalue weighted by molar-refractivity contribution is 5.35. The maximum atomic E-state index is 8.47. The molecule has 0 bridgehead atoms. The second-order valence-electron chi connectivity index (χ2n) is 1.93. The maximum absolute atomic E-state index is 8.47. The molecule has 1 nitrogen and oxygen atoms in total. The van der Waals surface area contributed by atoms with Crippen LogP contribution < -0.4 is 0 Å². The summed E-state index contributed by atoms with van der Waals surface area (Å²) in [7, 11) is 0. The summed E-state index contributed by atoms with van der Waals surface area (Å²) in [6.07, 6.45) is 0. The number of hydrogen-bond acceptors (Lipinski definition) is 1. The van der Waals surface area contributed by atoms with Crippen molar-refractivity contribution in [2.24, 2.45) is 0 Å². The van der Waals surface area contributed by atoms with Gasteiger partial charge >= 0.3 is 0 Å². The molecule has 0 aliphatic rings. The Morgan fingerprint density at radius 1 is 1.30 bits per heavy atom.